The molecule has 0 aliphatic carbocycles. The smallest absolute Gasteiger partial charge is 0.251 e. The number of hydrogen-bond donors (Lipinski definition) is 1. The molecule has 1 N–H and O–H groups in total. The summed E-state index contributed by atoms with van der Waals surface area (Å²) in [7, 11) is -3.18. The lowest BCUT2D eigenvalue weighted by Crippen LogP contribution is -2.25. The highest BCUT2D eigenvalue weighted by atomic mass is 35.5. The van der Waals surface area contributed by atoms with E-state index in [0.717, 1.165) is 5.56 Å². The Kier molecular flexibility index (Phi) is 5.21. The summed E-state index contributed by atoms with van der Waals surface area (Å²) in [5, 5.41) is 3.32. The highest BCUT2D eigenvalue weighted by Gasteiger charge is 2.07. The van der Waals surface area contributed by atoms with Gasteiger partial charge in [0.05, 0.1) is 4.90 Å². The molecular weight excluding hydrogens is 322 g/mol. The third-order valence-corrected chi connectivity index (χ3v) is 4.50. The molecule has 0 saturated heterocycles. The van der Waals surface area contributed by atoms with E-state index in [1.807, 2.05) is 0 Å². The number of nitrogens with one attached hydrogen (secondary N) is 1. The van der Waals surface area contributed by atoms with Gasteiger partial charge in [-0.1, -0.05) is 29.8 Å². The molecule has 0 saturated carbocycles. The topological polar surface area (TPSA) is 63.2 Å². The van der Waals surface area contributed by atoms with Crippen LogP contribution in [0.4, 0.5) is 0 Å². The Morgan fingerprint density at radius 1 is 1.14 bits per heavy atom. The lowest BCUT2D eigenvalue weighted by Gasteiger charge is -2.06. The summed E-state index contributed by atoms with van der Waals surface area (Å²) >= 11 is 5.84. The molecule has 0 atom stereocenters. The van der Waals surface area contributed by atoms with Gasteiger partial charge >= 0.3 is 0 Å². The SMILES string of the molecule is CS(=O)(=O)c1ccc(CCNC(=O)c2cccc(Cl)c2)cc1. The molecule has 6 heteroatoms. The number of sulfone groups is 1. The molecule has 2 rings (SSSR count). The van der Waals surface area contributed by atoms with Crippen LogP contribution in [0.25, 0.3) is 0 Å². The van der Waals surface area contributed by atoms with Crippen molar-refractivity contribution in [2.75, 3.05) is 12.8 Å². The van der Waals surface area contributed by atoms with Gasteiger partial charge in [0.15, 0.2) is 9.84 Å². The van der Waals surface area contributed by atoms with Crippen LogP contribution >= 0.6 is 11.6 Å². The van der Waals surface area contributed by atoms with Crippen molar-refractivity contribution in [3.63, 3.8) is 0 Å². The van der Waals surface area contributed by atoms with Crippen molar-refractivity contribution in [3.8, 4) is 0 Å². The Hall–Kier alpha value is -1.85. The van der Waals surface area contributed by atoms with E-state index in [4.69, 9.17) is 11.6 Å². The van der Waals surface area contributed by atoms with E-state index in [1.165, 1.54) is 6.26 Å². The second kappa shape index (κ2) is 6.94. The van der Waals surface area contributed by atoms with Crippen molar-refractivity contribution in [3.05, 3.63) is 64.7 Å². The van der Waals surface area contributed by atoms with E-state index in [2.05, 4.69) is 5.32 Å². The van der Waals surface area contributed by atoms with Gasteiger partial charge in [-0.2, -0.15) is 0 Å². The van der Waals surface area contributed by atoms with Crippen LogP contribution in [0.1, 0.15) is 15.9 Å². The van der Waals surface area contributed by atoms with E-state index >= 15 is 0 Å². The predicted octanol–water partition coefficient (Wildman–Crippen LogP) is 2.72. The van der Waals surface area contributed by atoms with E-state index in [1.54, 1.807) is 48.5 Å². The van der Waals surface area contributed by atoms with Crippen LogP contribution in [-0.4, -0.2) is 27.1 Å². The molecular formula is C16H16ClNO3S. The van der Waals surface area contributed by atoms with Crippen molar-refractivity contribution >= 4 is 27.3 Å². The van der Waals surface area contributed by atoms with E-state index in [-0.39, 0.29) is 5.91 Å². The van der Waals surface area contributed by atoms with Crippen LogP contribution in [0.15, 0.2) is 53.4 Å². The van der Waals surface area contributed by atoms with Crippen molar-refractivity contribution in [1.82, 2.24) is 5.32 Å². The van der Waals surface area contributed by atoms with Gasteiger partial charge < -0.3 is 5.32 Å². The number of hydrogen-bond acceptors (Lipinski definition) is 3. The molecule has 0 heterocycles. The molecule has 2 aromatic rings. The Bertz CT molecular complexity index is 770. The highest BCUT2D eigenvalue weighted by molar-refractivity contribution is 7.90. The Morgan fingerprint density at radius 3 is 2.41 bits per heavy atom. The first-order chi connectivity index (χ1) is 10.4. The maximum Gasteiger partial charge on any atom is 0.251 e. The van der Waals surface area contributed by atoms with Crippen LogP contribution in [0.5, 0.6) is 0 Å². The fraction of sp³-hybridized carbons (Fsp3) is 0.188. The third kappa shape index (κ3) is 4.58. The quantitative estimate of drug-likeness (QED) is 0.912. The number of amides is 1. The van der Waals surface area contributed by atoms with E-state index in [9.17, 15) is 13.2 Å². The first kappa shape index (κ1) is 16.5. The molecule has 4 nitrogen and oxygen atoms in total. The first-order valence-corrected chi connectivity index (χ1v) is 8.96. The maximum absolute atomic E-state index is 11.9. The summed E-state index contributed by atoms with van der Waals surface area (Å²) < 4.78 is 22.7. The number of carbonyl (C=O) groups excluding carboxylic acids is 1. The summed E-state index contributed by atoms with van der Waals surface area (Å²) in [4.78, 5) is 12.2. The molecule has 0 bridgehead atoms. The van der Waals surface area contributed by atoms with Crippen LogP contribution in [-0.2, 0) is 16.3 Å². The third-order valence-electron chi connectivity index (χ3n) is 3.14. The van der Waals surface area contributed by atoms with Crippen LogP contribution in [0, 0.1) is 0 Å². The summed E-state index contributed by atoms with van der Waals surface area (Å²) in [6, 6.07) is 13.4. The first-order valence-electron chi connectivity index (χ1n) is 6.69. The van der Waals surface area contributed by atoms with Crippen molar-refractivity contribution in [1.29, 1.82) is 0 Å². The average Bonchev–Trinajstić information content (AvgIpc) is 2.47. The molecule has 0 spiro atoms. The largest absolute Gasteiger partial charge is 0.352 e. The molecule has 22 heavy (non-hydrogen) atoms. The second-order valence-corrected chi connectivity index (χ2v) is 7.38. The fourth-order valence-electron chi connectivity index (χ4n) is 1.96. The Morgan fingerprint density at radius 2 is 1.82 bits per heavy atom. The predicted molar refractivity (Wildman–Crippen MR) is 87.0 cm³/mol. The average molecular weight is 338 g/mol. The lowest BCUT2D eigenvalue weighted by atomic mass is 10.1. The van der Waals surface area contributed by atoms with Crippen LogP contribution < -0.4 is 5.32 Å². The molecule has 2 aromatic carbocycles. The monoisotopic (exact) mass is 337 g/mol. The van der Waals surface area contributed by atoms with Gasteiger partial charge in [-0.15, -0.1) is 0 Å². The second-order valence-electron chi connectivity index (χ2n) is 4.93. The van der Waals surface area contributed by atoms with E-state index in [0.29, 0.717) is 28.4 Å². The molecule has 1 amide bonds. The van der Waals surface area contributed by atoms with Gasteiger partial charge in [-0.3, -0.25) is 4.79 Å². The van der Waals surface area contributed by atoms with E-state index < -0.39 is 9.84 Å². The molecule has 0 fully saturated rings. The zero-order valence-corrected chi connectivity index (χ0v) is 13.6. The molecule has 116 valence electrons. The fourth-order valence-corrected chi connectivity index (χ4v) is 2.78. The van der Waals surface area contributed by atoms with Crippen LogP contribution in [0.2, 0.25) is 5.02 Å². The summed E-state index contributed by atoms with van der Waals surface area (Å²) in [5.74, 6) is -0.185. The van der Waals surface area contributed by atoms with Crippen molar-refractivity contribution in [2.45, 2.75) is 11.3 Å². The summed E-state index contributed by atoms with van der Waals surface area (Å²) in [5.41, 5.74) is 1.47. The minimum absolute atomic E-state index is 0.185. The zero-order valence-electron chi connectivity index (χ0n) is 12.0. The zero-order chi connectivity index (χ0) is 16.2. The van der Waals surface area contributed by atoms with Gasteiger partial charge in [0, 0.05) is 23.4 Å². The highest BCUT2D eigenvalue weighted by Crippen LogP contribution is 2.12. The maximum atomic E-state index is 11.9. The number of carbonyl (C=O) groups is 1. The standard InChI is InChI=1S/C16H16ClNO3S/c1-22(20,21)15-7-5-12(6-8-15)9-10-18-16(19)13-3-2-4-14(17)11-13/h2-8,11H,9-10H2,1H3,(H,18,19). The van der Waals surface area contributed by atoms with Gasteiger partial charge in [0.1, 0.15) is 0 Å². The van der Waals surface area contributed by atoms with Gasteiger partial charge in [-0.25, -0.2) is 8.42 Å². The lowest BCUT2D eigenvalue weighted by molar-refractivity contribution is 0.0954. The van der Waals surface area contributed by atoms with Crippen molar-refractivity contribution < 1.29 is 13.2 Å². The number of halogens is 1. The number of rotatable bonds is 5. The van der Waals surface area contributed by atoms with Gasteiger partial charge in [0.2, 0.25) is 0 Å². The molecule has 0 aliphatic rings. The molecule has 0 unspecified atom stereocenters. The van der Waals surface area contributed by atoms with Crippen LogP contribution in [0.3, 0.4) is 0 Å². The van der Waals surface area contributed by atoms with Gasteiger partial charge in [-0.05, 0) is 42.3 Å². The minimum atomic E-state index is -3.18. The molecule has 0 aliphatic heterocycles. The van der Waals surface area contributed by atoms with Crippen molar-refractivity contribution in [2.24, 2.45) is 0 Å². The summed E-state index contributed by atoms with van der Waals surface area (Å²) in [6.07, 6.45) is 1.80. The Labute approximate surface area is 135 Å². The normalized spacial score (nSPS) is 11.2. The molecule has 0 radical (unpaired) electrons. The Balaban J connectivity index is 1.90. The van der Waals surface area contributed by atoms with Gasteiger partial charge in [0.25, 0.3) is 5.91 Å². The molecule has 0 aromatic heterocycles. The minimum Gasteiger partial charge on any atom is -0.352 e. The summed E-state index contributed by atoms with van der Waals surface area (Å²) in [6.45, 7) is 0.462. The number of benzene rings is 2.